The van der Waals surface area contributed by atoms with Crippen molar-refractivity contribution in [1.29, 1.82) is 0 Å². The van der Waals surface area contributed by atoms with Crippen LogP contribution in [-0.2, 0) is 19.1 Å². The molecule has 0 saturated carbocycles. The lowest BCUT2D eigenvalue weighted by Gasteiger charge is -2.09. The van der Waals surface area contributed by atoms with Crippen molar-refractivity contribution in [2.75, 3.05) is 10.6 Å². The summed E-state index contributed by atoms with van der Waals surface area (Å²) in [4.78, 5) is 58.1. The number of ether oxygens (including phenoxy) is 4. The highest BCUT2D eigenvalue weighted by Gasteiger charge is 2.25. The summed E-state index contributed by atoms with van der Waals surface area (Å²) in [6.07, 6.45) is 1.71. The van der Waals surface area contributed by atoms with Crippen molar-refractivity contribution in [1.82, 2.24) is 0 Å². The molecule has 0 radical (unpaired) electrons. The van der Waals surface area contributed by atoms with Gasteiger partial charge in [0.25, 0.3) is 0 Å². The van der Waals surface area contributed by atoms with Crippen LogP contribution in [0, 0.1) is 0 Å². The van der Waals surface area contributed by atoms with Crippen LogP contribution in [0.1, 0.15) is 22.3 Å². The quantitative estimate of drug-likeness (QED) is 0.125. The Bertz CT molecular complexity index is 2120. The molecule has 0 bridgehead atoms. The third-order valence-corrected chi connectivity index (χ3v) is 7.45. The summed E-state index contributed by atoms with van der Waals surface area (Å²) >= 11 is 0. The highest BCUT2D eigenvalue weighted by Crippen LogP contribution is 2.23. The molecule has 2 amide bonds. The number of amides is 2. The summed E-state index contributed by atoms with van der Waals surface area (Å²) in [7, 11) is 0. The van der Waals surface area contributed by atoms with Crippen molar-refractivity contribution in [3.8, 4) is 11.5 Å². The van der Waals surface area contributed by atoms with Gasteiger partial charge < -0.3 is 18.9 Å². The second-order valence-electron chi connectivity index (χ2n) is 11.1. The standard InChI is InChI=1S/C40H26N4O8/c45-37-33(43-35(51-37)27-7-3-1-4-8-27)23-25-11-19-31(20-12-25)49-39(47)41-29-15-17-30(18-16-29)42-40(48)50-32-21-13-26(14-22-32)24-34-38(46)52-36(44-34)28-9-5-2-6-10-28/h1-24H,(H,41,47)(H,42,48). The van der Waals surface area contributed by atoms with E-state index in [9.17, 15) is 19.2 Å². The summed E-state index contributed by atoms with van der Waals surface area (Å²) in [5.74, 6) is -0.0855. The maximum absolute atomic E-state index is 12.5. The number of anilines is 2. The summed E-state index contributed by atoms with van der Waals surface area (Å²) in [5.41, 5.74) is 3.87. The topological polar surface area (TPSA) is 154 Å². The first kappa shape index (κ1) is 32.9. The van der Waals surface area contributed by atoms with Gasteiger partial charge in [0.15, 0.2) is 11.4 Å². The van der Waals surface area contributed by atoms with E-state index in [-0.39, 0.29) is 34.7 Å². The third kappa shape index (κ3) is 8.15. The van der Waals surface area contributed by atoms with Gasteiger partial charge in [-0.3, -0.25) is 10.6 Å². The van der Waals surface area contributed by atoms with Crippen LogP contribution in [0.3, 0.4) is 0 Å². The van der Waals surface area contributed by atoms with E-state index in [0.717, 1.165) is 0 Å². The first-order valence-electron chi connectivity index (χ1n) is 15.8. The van der Waals surface area contributed by atoms with Crippen LogP contribution in [0.25, 0.3) is 12.2 Å². The number of carbonyl (C=O) groups excluding carboxylic acids is 4. The molecule has 12 heteroatoms. The number of nitrogens with zero attached hydrogens (tertiary/aromatic N) is 2. The number of hydrogen-bond donors (Lipinski definition) is 2. The minimum absolute atomic E-state index is 0.156. The molecule has 52 heavy (non-hydrogen) atoms. The number of esters is 2. The Hall–Kier alpha value is -7.60. The second-order valence-corrected chi connectivity index (χ2v) is 11.1. The fourth-order valence-corrected chi connectivity index (χ4v) is 4.94. The van der Waals surface area contributed by atoms with E-state index in [2.05, 4.69) is 20.6 Å². The van der Waals surface area contributed by atoms with Crippen LogP contribution in [0.5, 0.6) is 11.5 Å². The first-order chi connectivity index (χ1) is 25.3. The summed E-state index contributed by atoms with van der Waals surface area (Å²) in [6.45, 7) is 0. The fraction of sp³-hybridized carbons (Fsp3) is 0. The van der Waals surface area contributed by atoms with Gasteiger partial charge in [-0.05, 0) is 96.1 Å². The van der Waals surface area contributed by atoms with Crippen LogP contribution in [-0.4, -0.2) is 35.9 Å². The zero-order chi connectivity index (χ0) is 35.9. The Kier molecular flexibility index (Phi) is 9.42. The molecule has 5 aromatic rings. The molecule has 5 aromatic carbocycles. The van der Waals surface area contributed by atoms with Crippen LogP contribution >= 0.6 is 0 Å². The van der Waals surface area contributed by atoms with Crippen molar-refractivity contribution in [3.63, 3.8) is 0 Å². The number of nitrogens with one attached hydrogen (secondary N) is 2. The van der Waals surface area contributed by atoms with Crippen LogP contribution in [0.4, 0.5) is 21.0 Å². The predicted octanol–water partition coefficient (Wildman–Crippen LogP) is 7.60. The molecule has 0 aromatic heterocycles. The van der Waals surface area contributed by atoms with Gasteiger partial charge >= 0.3 is 24.1 Å². The van der Waals surface area contributed by atoms with E-state index in [4.69, 9.17) is 18.9 Å². The molecule has 2 aliphatic rings. The van der Waals surface area contributed by atoms with E-state index >= 15 is 0 Å². The predicted molar refractivity (Wildman–Crippen MR) is 193 cm³/mol. The van der Waals surface area contributed by atoms with Crippen molar-refractivity contribution in [2.24, 2.45) is 9.98 Å². The maximum atomic E-state index is 12.5. The number of hydrogen-bond acceptors (Lipinski definition) is 10. The lowest BCUT2D eigenvalue weighted by Crippen LogP contribution is -2.18. The Labute approximate surface area is 296 Å². The number of benzene rings is 5. The van der Waals surface area contributed by atoms with Crippen molar-refractivity contribution in [2.45, 2.75) is 0 Å². The van der Waals surface area contributed by atoms with Crippen LogP contribution in [0.2, 0.25) is 0 Å². The van der Waals surface area contributed by atoms with E-state index in [1.165, 1.54) is 0 Å². The number of rotatable bonds is 8. The lowest BCUT2D eigenvalue weighted by atomic mass is 10.2. The minimum Gasteiger partial charge on any atom is -0.410 e. The maximum Gasteiger partial charge on any atom is 0.417 e. The molecular weight excluding hydrogens is 664 g/mol. The normalized spacial score (nSPS) is 15.0. The summed E-state index contributed by atoms with van der Waals surface area (Å²) in [5, 5.41) is 5.23. The second kappa shape index (κ2) is 14.9. The Balaban J connectivity index is 0.879. The van der Waals surface area contributed by atoms with Crippen LogP contribution < -0.4 is 20.1 Å². The zero-order valence-electron chi connectivity index (χ0n) is 27.0. The summed E-state index contributed by atoms with van der Waals surface area (Å²) < 4.78 is 21.3. The van der Waals surface area contributed by atoms with Crippen molar-refractivity contribution in [3.05, 3.63) is 167 Å². The van der Waals surface area contributed by atoms with Crippen molar-refractivity contribution < 1.29 is 38.1 Å². The molecule has 2 N–H and O–H groups in total. The average Bonchev–Trinajstić information content (AvgIpc) is 3.72. The van der Waals surface area contributed by atoms with Gasteiger partial charge in [-0.25, -0.2) is 29.2 Å². The van der Waals surface area contributed by atoms with Crippen molar-refractivity contribution >= 4 is 59.4 Å². The SMILES string of the molecule is O=C(Nc1ccc(NC(=O)Oc2ccc(C=C3N=C(c4ccccc4)OC3=O)cc2)cc1)Oc1ccc(C=C2N=C(c3ccccc3)OC2=O)cc1. The Morgan fingerprint density at radius 2 is 0.865 bits per heavy atom. The molecule has 2 heterocycles. The Morgan fingerprint density at radius 3 is 1.23 bits per heavy atom. The van der Waals surface area contributed by atoms with Gasteiger partial charge in [-0.2, -0.15) is 0 Å². The molecule has 0 atom stereocenters. The summed E-state index contributed by atoms with van der Waals surface area (Å²) in [6, 6.07) is 37.6. The molecule has 12 nitrogen and oxygen atoms in total. The minimum atomic E-state index is -0.727. The van der Waals surface area contributed by atoms with Gasteiger partial charge in [0.2, 0.25) is 11.8 Å². The smallest absolute Gasteiger partial charge is 0.410 e. The van der Waals surface area contributed by atoms with Gasteiger partial charge in [-0.1, -0.05) is 60.7 Å². The van der Waals surface area contributed by atoms with Gasteiger partial charge in [0.1, 0.15) is 11.5 Å². The zero-order valence-corrected chi connectivity index (χ0v) is 27.0. The van der Waals surface area contributed by atoms with Gasteiger partial charge in [0, 0.05) is 22.5 Å². The monoisotopic (exact) mass is 690 g/mol. The number of cyclic esters (lactones) is 2. The first-order valence-corrected chi connectivity index (χ1v) is 15.8. The molecule has 0 fully saturated rings. The van der Waals surface area contributed by atoms with E-state index < -0.39 is 24.1 Å². The largest absolute Gasteiger partial charge is 0.417 e. The molecule has 254 valence electrons. The molecule has 0 spiro atoms. The molecule has 2 aliphatic heterocycles. The molecule has 0 aliphatic carbocycles. The third-order valence-electron chi connectivity index (χ3n) is 7.45. The number of aliphatic imine (C=N–C) groups is 2. The number of carbonyl (C=O) groups is 4. The molecule has 0 unspecified atom stereocenters. The molecule has 7 rings (SSSR count). The molecular formula is C40H26N4O8. The Morgan fingerprint density at radius 1 is 0.500 bits per heavy atom. The van der Waals surface area contributed by atoms with E-state index in [1.54, 1.807) is 109 Å². The van der Waals surface area contributed by atoms with Gasteiger partial charge in [-0.15, -0.1) is 0 Å². The lowest BCUT2D eigenvalue weighted by molar-refractivity contribution is -0.130. The van der Waals surface area contributed by atoms with Gasteiger partial charge in [0.05, 0.1) is 0 Å². The average molecular weight is 691 g/mol. The van der Waals surface area contributed by atoms with E-state index in [1.807, 2.05) is 36.4 Å². The molecule has 0 saturated heterocycles. The van der Waals surface area contributed by atoms with E-state index in [0.29, 0.717) is 33.6 Å². The fourth-order valence-electron chi connectivity index (χ4n) is 4.94. The highest BCUT2D eigenvalue weighted by atomic mass is 16.6. The van der Waals surface area contributed by atoms with Crippen LogP contribution in [0.15, 0.2) is 155 Å². The highest BCUT2D eigenvalue weighted by molar-refractivity contribution is 6.13.